The predicted molar refractivity (Wildman–Crippen MR) is 70.5 cm³/mol. The van der Waals surface area contributed by atoms with Gasteiger partial charge in [0.2, 0.25) is 9.70 Å². The third-order valence-electron chi connectivity index (χ3n) is 2.18. The van der Waals surface area contributed by atoms with Crippen LogP contribution in [0.25, 0.3) is 0 Å². The molecule has 1 unspecified atom stereocenters. The summed E-state index contributed by atoms with van der Waals surface area (Å²) in [7, 11) is 0. The number of hydrogen-bond acceptors (Lipinski definition) is 2. The van der Waals surface area contributed by atoms with Gasteiger partial charge < -0.3 is 0 Å². The van der Waals surface area contributed by atoms with Gasteiger partial charge in [-0.25, -0.2) is 0 Å². The summed E-state index contributed by atoms with van der Waals surface area (Å²) in [6.45, 7) is 0. The lowest BCUT2D eigenvalue weighted by Gasteiger charge is -2.28. The zero-order valence-electron chi connectivity index (χ0n) is 8.07. The van der Waals surface area contributed by atoms with E-state index in [9.17, 15) is 4.79 Å². The van der Waals surface area contributed by atoms with E-state index < -0.39 is 9.17 Å². The molecule has 1 atom stereocenters. The number of rotatable bonds is 1. The Morgan fingerprint density at radius 3 is 2.44 bits per heavy atom. The lowest BCUT2D eigenvalue weighted by molar-refractivity contribution is -0.115. The van der Waals surface area contributed by atoms with Crippen LogP contribution in [0.4, 0.5) is 5.69 Å². The summed E-state index contributed by atoms with van der Waals surface area (Å²) in [6.07, 6.45) is 0. The van der Waals surface area contributed by atoms with E-state index >= 15 is 0 Å². The number of hydrogen-bond donors (Lipinski definition) is 0. The van der Waals surface area contributed by atoms with Crippen LogP contribution >= 0.6 is 46.6 Å². The fourth-order valence-corrected chi connectivity index (χ4v) is 3.41. The SMILES string of the molecule is O=C1CSC(C(Cl)(Cl)Cl)N1c1ccccc1. The summed E-state index contributed by atoms with van der Waals surface area (Å²) in [6, 6.07) is 9.23. The van der Waals surface area contributed by atoms with Gasteiger partial charge in [0.1, 0.15) is 5.37 Å². The highest BCUT2D eigenvalue weighted by Crippen LogP contribution is 2.44. The lowest BCUT2D eigenvalue weighted by Crippen LogP contribution is -2.40. The lowest BCUT2D eigenvalue weighted by atomic mass is 10.3. The molecule has 16 heavy (non-hydrogen) atoms. The molecular formula is C10H8Cl3NOS. The molecule has 0 spiro atoms. The number of thioether (sulfide) groups is 1. The van der Waals surface area contributed by atoms with Gasteiger partial charge in [-0.2, -0.15) is 0 Å². The minimum Gasteiger partial charge on any atom is -0.295 e. The number of para-hydroxylation sites is 1. The number of alkyl halides is 3. The van der Waals surface area contributed by atoms with Crippen LogP contribution in [0.2, 0.25) is 0 Å². The highest BCUT2D eigenvalue weighted by atomic mass is 35.6. The standard InChI is InChI=1S/C10H8Cl3NOS/c11-10(12,13)9-14(8(15)6-16-9)7-4-2-1-3-5-7/h1-5,9H,6H2. The first-order valence-electron chi connectivity index (χ1n) is 4.55. The molecule has 2 nitrogen and oxygen atoms in total. The van der Waals surface area contributed by atoms with Crippen LogP contribution < -0.4 is 4.90 Å². The maximum atomic E-state index is 11.8. The largest absolute Gasteiger partial charge is 0.295 e. The van der Waals surface area contributed by atoms with Crippen molar-refractivity contribution in [2.75, 3.05) is 10.7 Å². The van der Waals surface area contributed by atoms with Gasteiger partial charge >= 0.3 is 0 Å². The number of nitrogens with zero attached hydrogens (tertiary/aromatic N) is 1. The second-order valence-corrected chi connectivity index (χ2v) is 6.74. The van der Waals surface area contributed by atoms with Crippen molar-refractivity contribution in [3.8, 4) is 0 Å². The molecule has 1 aromatic carbocycles. The van der Waals surface area contributed by atoms with Gasteiger partial charge in [-0.3, -0.25) is 9.69 Å². The van der Waals surface area contributed by atoms with E-state index in [1.54, 1.807) is 0 Å². The highest BCUT2D eigenvalue weighted by molar-refractivity contribution is 8.01. The molecule has 0 bridgehead atoms. The number of halogens is 3. The maximum Gasteiger partial charge on any atom is 0.238 e. The molecule has 0 aliphatic carbocycles. The Labute approximate surface area is 113 Å². The van der Waals surface area contributed by atoms with Gasteiger partial charge in [0.25, 0.3) is 0 Å². The first-order valence-corrected chi connectivity index (χ1v) is 6.74. The van der Waals surface area contributed by atoms with E-state index in [-0.39, 0.29) is 5.91 Å². The number of amides is 1. The first-order chi connectivity index (χ1) is 7.50. The van der Waals surface area contributed by atoms with Gasteiger partial charge in [0.15, 0.2) is 0 Å². The molecule has 6 heteroatoms. The van der Waals surface area contributed by atoms with Crippen molar-refractivity contribution in [3.05, 3.63) is 30.3 Å². The van der Waals surface area contributed by atoms with Crippen LogP contribution in [0.3, 0.4) is 0 Å². The van der Waals surface area contributed by atoms with E-state index in [2.05, 4.69) is 0 Å². The molecule has 86 valence electrons. The van der Waals surface area contributed by atoms with Crippen LogP contribution in [0.5, 0.6) is 0 Å². The molecule has 0 radical (unpaired) electrons. The van der Waals surface area contributed by atoms with Crippen LogP contribution in [0.1, 0.15) is 0 Å². The molecule has 0 aromatic heterocycles. The Kier molecular flexibility index (Phi) is 3.59. The van der Waals surface area contributed by atoms with Gasteiger partial charge in [0.05, 0.1) is 5.75 Å². The van der Waals surface area contributed by atoms with E-state index in [1.165, 1.54) is 16.7 Å². The Hall–Kier alpha value is -0.0900. The van der Waals surface area contributed by atoms with Crippen LogP contribution in [0.15, 0.2) is 30.3 Å². The summed E-state index contributed by atoms with van der Waals surface area (Å²) in [5.74, 6) is 0.306. The van der Waals surface area contributed by atoms with Gasteiger partial charge in [0, 0.05) is 5.69 Å². The predicted octanol–water partition coefficient (Wildman–Crippen LogP) is 3.46. The third-order valence-corrected chi connectivity index (χ3v) is 4.48. The fourth-order valence-electron chi connectivity index (χ4n) is 1.53. The minimum absolute atomic E-state index is 0.0347. The van der Waals surface area contributed by atoms with Crippen molar-refractivity contribution in [3.63, 3.8) is 0 Å². The van der Waals surface area contributed by atoms with Crippen molar-refractivity contribution in [1.29, 1.82) is 0 Å². The molecule has 1 heterocycles. The van der Waals surface area contributed by atoms with E-state index in [4.69, 9.17) is 34.8 Å². The molecule has 1 saturated heterocycles. The average Bonchev–Trinajstić information content (AvgIpc) is 2.61. The molecular weight excluding hydrogens is 289 g/mol. The van der Waals surface area contributed by atoms with Crippen molar-refractivity contribution in [2.45, 2.75) is 9.17 Å². The Bertz CT molecular complexity index is 393. The second kappa shape index (κ2) is 4.65. The molecule has 1 fully saturated rings. The number of anilines is 1. The highest BCUT2D eigenvalue weighted by Gasteiger charge is 2.45. The van der Waals surface area contributed by atoms with Crippen molar-refractivity contribution < 1.29 is 4.79 Å². The number of benzene rings is 1. The zero-order valence-corrected chi connectivity index (χ0v) is 11.2. The summed E-state index contributed by atoms with van der Waals surface area (Å²) < 4.78 is -1.48. The van der Waals surface area contributed by atoms with Crippen LogP contribution in [-0.2, 0) is 4.79 Å². The van der Waals surface area contributed by atoms with E-state index in [0.717, 1.165) is 5.69 Å². The number of carbonyl (C=O) groups excluding carboxylic acids is 1. The van der Waals surface area contributed by atoms with Gasteiger partial charge in [-0.05, 0) is 12.1 Å². The van der Waals surface area contributed by atoms with E-state index in [1.807, 2.05) is 30.3 Å². The van der Waals surface area contributed by atoms with E-state index in [0.29, 0.717) is 5.75 Å². The summed E-state index contributed by atoms with van der Waals surface area (Å²) in [5.41, 5.74) is 0.758. The fraction of sp³-hybridized carbons (Fsp3) is 0.300. The quantitative estimate of drug-likeness (QED) is 0.740. The first kappa shape index (κ1) is 12.4. The Morgan fingerprint density at radius 2 is 1.88 bits per heavy atom. The van der Waals surface area contributed by atoms with Crippen molar-refractivity contribution >= 4 is 58.2 Å². The van der Waals surface area contributed by atoms with Crippen LogP contribution in [-0.4, -0.2) is 20.8 Å². The molecule has 0 saturated carbocycles. The zero-order chi connectivity index (χ0) is 11.8. The third kappa shape index (κ3) is 2.43. The minimum atomic E-state index is -1.48. The topological polar surface area (TPSA) is 20.3 Å². The molecule has 1 aliphatic rings. The summed E-state index contributed by atoms with van der Waals surface area (Å²) in [5, 5.41) is -0.465. The summed E-state index contributed by atoms with van der Waals surface area (Å²) >= 11 is 18.9. The molecule has 2 rings (SSSR count). The van der Waals surface area contributed by atoms with Crippen LogP contribution in [0, 0.1) is 0 Å². The Morgan fingerprint density at radius 1 is 1.25 bits per heavy atom. The second-order valence-electron chi connectivity index (χ2n) is 3.30. The Balaban J connectivity index is 2.34. The van der Waals surface area contributed by atoms with Crippen molar-refractivity contribution in [1.82, 2.24) is 0 Å². The normalized spacial score (nSPS) is 21.6. The smallest absolute Gasteiger partial charge is 0.238 e. The average molecular weight is 297 g/mol. The maximum absolute atomic E-state index is 11.8. The van der Waals surface area contributed by atoms with Gasteiger partial charge in [-0.15, -0.1) is 11.8 Å². The molecule has 1 aromatic rings. The monoisotopic (exact) mass is 295 g/mol. The summed E-state index contributed by atoms with van der Waals surface area (Å²) in [4.78, 5) is 13.3. The van der Waals surface area contributed by atoms with Crippen molar-refractivity contribution in [2.24, 2.45) is 0 Å². The number of carbonyl (C=O) groups is 1. The van der Waals surface area contributed by atoms with Gasteiger partial charge in [-0.1, -0.05) is 53.0 Å². The molecule has 0 N–H and O–H groups in total. The molecule has 1 aliphatic heterocycles. The molecule has 1 amide bonds.